The molecule has 2 unspecified atom stereocenters. The normalized spacial score (nSPS) is 13.2. The van der Waals surface area contributed by atoms with Gasteiger partial charge in [-0.3, -0.25) is 14.6 Å². The van der Waals surface area contributed by atoms with Gasteiger partial charge in [-0.15, -0.1) is 0 Å². The Morgan fingerprint density at radius 3 is 1.82 bits per heavy atom. The number of rotatable bonds is 14. The number of nitrogens with zero attached hydrogens (tertiary/aromatic N) is 1. The molecule has 2 rings (SSSR count). The summed E-state index contributed by atoms with van der Waals surface area (Å²) in [6.45, 7) is 5.48. The minimum absolute atomic E-state index is 0.0534. The molecule has 2 aromatic carbocycles. The lowest BCUT2D eigenvalue weighted by Gasteiger charge is -2.26. The van der Waals surface area contributed by atoms with E-state index < -0.39 is 41.6 Å². The zero-order chi connectivity index (χ0) is 29.5. The summed E-state index contributed by atoms with van der Waals surface area (Å²) in [5.74, 6) is -1.16. The third-order valence-electron chi connectivity index (χ3n) is 5.67. The van der Waals surface area contributed by atoms with Crippen molar-refractivity contribution >= 4 is 30.2 Å². The van der Waals surface area contributed by atoms with Gasteiger partial charge in [0.05, 0.1) is 6.04 Å². The van der Waals surface area contributed by atoms with Gasteiger partial charge in [-0.1, -0.05) is 60.7 Å². The maximum atomic E-state index is 13.5. The highest BCUT2D eigenvalue weighted by molar-refractivity contribution is 5.92. The number of carbonyl (C=O) groups is 4. The molecular weight excluding hydrogens is 512 g/mol. The van der Waals surface area contributed by atoms with Crippen LogP contribution >= 0.6 is 0 Å². The number of aliphatic imine (C=N–C) groups is 1. The molecule has 3 amide bonds. The van der Waals surface area contributed by atoms with Gasteiger partial charge in [0.2, 0.25) is 11.8 Å². The largest absolute Gasteiger partial charge is 0.444 e. The summed E-state index contributed by atoms with van der Waals surface area (Å²) in [4.78, 5) is 55.0. The molecule has 3 atom stereocenters. The standard InChI is InChI=1S/C29H40N6O5/c1-29(2,3)40-28(39)35-24(18-21-13-8-5-9-14-21)26(38)34-23(17-20-11-6-4-7-12-20)25(37)33-22(19-36)15-10-16-32-27(30)31/h4-9,11-14,19,22-24H,10,15-18H2,1-3H3,(H,33,37)(H,34,38)(H,35,39)(H4,30,31,32)/t22-,23?,24?/m0/s1. The number of carbonyl (C=O) groups excluding carboxylic acids is 4. The monoisotopic (exact) mass is 552 g/mol. The van der Waals surface area contributed by atoms with Crippen LogP contribution in [0.5, 0.6) is 0 Å². The van der Waals surface area contributed by atoms with Crippen molar-refractivity contribution in [2.45, 2.75) is 70.2 Å². The molecule has 0 heterocycles. The van der Waals surface area contributed by atoms with Gasteiger partial charge >= 0.3 is 6.09 Å². The van der Waals surface area contributed by atoms with Gasteiger partial charge in [-0.2, -0.15) is 0 Å². The molecule has 216 valence electrons. The van der Waals surface area contributed by atoms with E-state index in [2.05, 4.69) is 20.9 Å². The van der Waals surface area contributed by atoms with Gasteiger partial charge < -0.3 is 36.9 Å². The summed E-state index contributed by atoms with van der Waals surface area (Å²) in [5, 5.41) is 8.10. The Hall–Kier alpha value is -4.41. The highest BCUT2D eigenvalue weighted by Crippen LogP contribution is 2.10. The number of nitrogens with two attached hydrogens (primary N) is 2. The molecular formula is C29H40N6O5. The number of alkyl carbamates (subject to hydrolysis) is 1. The number of hydrogen-bond acceptors (Lipinski definition) is 6. The summed E-state index contributed by atoms with van der Waals surface area (Å²) in [7, 11) is 0. The van der Waals surface area contributed by atoms with E-state index in [1.54, 1.807) is 20.8 Å². The fourth-order valence-electron chi connectivity index (χ4n) is 3.82. The van der Waals surface area contributed by atoms with Gasteiger partial charge in [0, 0.05) is 19.4 Å². The lowest BCUT2D eigenvalue weighted by atomic mass is 10.0. The molecule has 11 nitrogen and oxygen atoms in total. The Bertz CT molecular complexity index is 1130. The number of aldehydes is 1. The fraction of sp³-hybridized carbons (Fsp3) is 0.414. The van der Waals surface area contributed by atoms with Crippen LogP contribution in [0.3, 0.4) is 0 Å². The second kappa shape index (κ2) is 15.9. The van der Waals surface area contributed by atoms with Gasteiger partial charge in [0.1, 0.15) is 24.0 Å². The quantitative estimate of drug-likeness (QED) is 0.102. The third-order valence-corrected chi connectivity index (χ3v) is 5.67. The van der Waals surface area contributed by atoms with Crippen LogP contribution in [0, 0.1) is 0 Å². The van der Waals surface area contributed by atoms with Crippen molar-refractivity contribution < 1.29 is 23.9 Å². The first kappa shape index (κ1) is 31.8. The van der Waals surface area contributed by atoms with Crippen LogP contribution in [0.1, 0.15) is 44.7 Å². The van der Waals surface area contributed by atoms with Crippen LogP contribution in [0.4, 0.5) is 4.79 Å². The molecule has 0 aliphatic carbocycles. The predicted molar refractivity (Wildman–Crippen MR) is 153 cm³/mol. The van der Waals surface area contributed by atoms with Crippen LogP contribution in [-0.4, -0.2) is 60.4 Å². The first-order valence-electron chi connectivity index (χ1n) is 13.2. The van der Waals surface area contributed by atoms with Crippen LogP contribution in [0.25, 0.3) is 0 Å². The molecule has 0 bridgehead atoms. The maximum Gasteiger partial charge on any atom is 0.408 e. The molecule has 0 saturated carbocycles. The first-order chi connectivity index (χ1) is 19.0. The van der Waals surface area contributed by atoms with Crippen molar-refractivity contribution in [2.75, 3.05) is 6.54 Å². The fourth-order valence-corrected chi connectivity index (χ4v) is 3.82. The molecule has 2 aromatic rings. The minimum atomic E-state index is -1.02. The zero-order valence-electron chi connectivity index (χ0n) is 23.3. The number of hydrogen-bond donors (Lipinski definition) is 5. The van der Waals surface area contributed by atoms with Crippen molar-refractivity contribution in [3.63, 3.8) is 0 Å². The Morgan fingerprint density at radius 1 is 0.850 bits per heavy atom. The maximum absolute atomic E-state index is 13.5. The van der Waals surface area contributed by atoms with E-state index in [4.69, 9.17) is 16.2 Å². The molecule has 0 fully saturated rings. The highest BCUT2D eigenvalue weighted by Gasteiger charge is 2.29. The third kappa shape index (κ3) is 12.4. The first-order valence-corrected chi connectivity index (χ1v) is 13.2. The van der Waals surface area contributed by atoms with Crippen molar-refractivity contribution in [1.82, 2.24) is 16.0 Å². The van der Waals surface area contributed by atoms with E-state index in [9.17, 15) is 19.2 Å². The number of nitrogens with one attached hydrogen (secondary N) is 3. The Balaban J connectivity index is 2.22. The van der Waals surface area contributed by atoms with Crippen molar-refractivity contribution in [1.29, 1.82) is 0 Å². The molecule has 0 spiro atoms. The van der Waals surface area contributed by atoms with Crippen molar-refractivity contribution in [3.05, 3.63) is 71.8 Å². The van der Waals surface area contributed by atoms with Gasteiger partial charge in [0.25, 0.3) is 0 Å². The van der Waals surface area contributed by atoms with E-state index in [1.165, 1.54) is 0 Å². The van der Waals surface area contributed by atoms with E-state index in [0.29, 0.717) is 25.7 Å². The van der Waals surface area contributed by atoms with Crippen LogP contribution in [0.2, 0.25) is 0 Å². The summed E-state index contributed by atoms with van der Waals surface area (Å²) >= 11 is 0. The van der Waals surface area contributed by atoms with Gasteiger partial charge in [-0.25, -0.2) is 4.79 Å². The molecule has 0 aromatic heterocycles. The average molecular weight is 553 g/mol. The van der Waals surface area contributed by atoms with Crippen LogP contribution < -0.4 is 27.4 Å². The predicted octanol–water partition coefficient (Wildman–Crippen LogP) is 1.59. The van der Waals surface area contributed by atoms with Gasteiger partial charge in [-0.05, 0) is 44.7 Å². The van der Waals surface area contributed by atoms with E-state index >= 15 is 0 Å². The Kier molecular flexibility index (Phi) is 12.6. The number of benzene rings is 2. The molecule has 0 saturated heterocycles. The second-order valence-electron chi connectivity index (χ2n) is 10.3. The topological polar surface area (TPSA) is 178 Å². The van der Waals surface area contributed by atoms with E-state index in [1.807, 2.05) is 60.7 Å². The number of ether oxygens (including phenoxy) is 1. The van der Waals surface area contributed by atoms with Crippen LogP contribution in [0.15, 0.2) is 65.7 Å². The molecule has 7 N–H and O–H groups in total. The molecule has 0 aliphatic rings. The second-order valence-corrected chi connectivity index (χ2v) is 10.3. The Labute approximate surface area is 235 Å². The average Bonchev–Trinajstić information content (AvgIpc) is 2.89. The SMILES string of the molecule is CC(C)(C)OC(=O)NC(Cc1ccccc1)C(=O)NC(Cc1ccccc1)C(=O)N[C@H](C=O)CCCN=C(N)N. The molecule has 0 aliphatic heterocycles. The molecule has 0 radical (unpaired) electrons. The summed E-state index contributed by atoms with van der Waals surface area (Å²) in [6.07, 6.45) is 1.01. The number of amides is 3. The highest BCUT2D eigenvalue weighted by atomic mass is 16.6. The summed E-state index contributed by atoms with van der Waals surface area (Å²) in [5.41, 5.74) is 11.5. The van der Waals surface area contributed by atoms with Crippen LogP contribution in [-0.2, 0) is 32.0 Å². The molecule has 40 heavy (non-hydrogen) atoms. The lowest BCUT2D eigenvalue weighted by Crippen LogP contribution is -2.56. The minimum Gasteiger partial charge on any atom is -0.444 e. The smallest absolute Gasteiger partial charge is 0.408 e. The van der Waals surface area contributed by atoms with Crippen molar-refractivity contribution in [3.8, 4) is 0 Å². The summed E-state index contributed by atoms with van der Waals surface area (Å²) < 4.78 is 5.36. The van der Waals surface area contributed by atoms with E-state index in [-0.39, 0.29) is 18.8 Å². The van der Waals surface area contributed by atoms with Crippen molar-refractivity contribution in [2.24, 2.45) is 16.5 Å². The summed E-state index contributed by atoms with van der Waals surface area (Å²) in [6, 6.07) is 15.5. The zero-order valence-corrected chi connectivity index (χ0v) is 23.3. The lowest BCUT2D eigenvalue weighted by molar-refractivity contribution is -0.131. The van der Waals surface area contributed by atoms with E-state index in [0.717, 1.165) is 11.1 Å². The molecule has 11 heteroatoms. The number of guanidine groups is 1. The Morgan fingerprint density at radius 2 is 1.35 bits per heavy atom. The van der Waals surface area contributed by atoms with Gasteiger partial charge in [0.15, 0.2) is 5.96 Å².